The molecule has 2 N–H and O–H groups in total. The lowest BCUT2D eigenvalue weighted by Gasteiger charge is -2.25. The maximum absolute atomic E-state index is 13.0. The SMILES string of the molecule is Cc1ccc(C)c(NC(=O)CSc2nnc(CNC(=O)c3ccc(S(=O)(=O)N4CCCCC4)cc3)n2-c2ccc(Br)cc2)c1. The number of amides is 2. The summed E-state index contributed by atoms with van der Waals surface area (Å²) in [5.74, 6) is 0.0395. The second-order valence-corrected chi connectivity index (χ2v) is 14.3. The fourth-order valence-electron chi connectivity index (χ4n) is 4.84. The summed E-state index contributed by atoms with van der Waals surface area (Å²) in [6.45, 7) is 5.01. The van der Waals surface area contributed by atoms with Crippen molar-refractivity contribution in [2.24, 2.45) is 0 Å². The third kappa shape index (κ3) is 7.57. The molecule has 10 nitrogen and oxygen atoms in total. The Morgan fingerprint density at radius 1 is 0.932 bits per heavy atom. The number of thioether (sulfide) groups is 1. The van der Waals surface area contributed by atoms with Gasteiger partial charge in [0.1, 0.15) is 0 Å². The molecule has 5 rings (SSSR count). The van der Waals surface area contributed by atoms with E-state index in [1.807, 2.05) is 56.3 Å². The Morgan fingerprint density at radius 2 is 1.64 bits per heavy atom. The van der Waals surface area contributed by atoms with Crippen LogP contribution in [0, 0.1) is 13.8 Å². The minimum absolute atomic E-state index is 0.0605. The Hall–Kier alpha value is -3.52. The fraction of sp³-hybridized carbons (Fsp3) is 0.290. The molecule has 0 spiro atoms. The molecule has 0 aliphatic carbocycles. The number of sulfonamides is 1. The van der Waals surface area contributed by atoms with Gasteiger partial charge in [0.2, 0.25) is 15.9 Å². The van der Waals surface area contributed by atoms with Crippen LogP contribution >= 0.6 is 27.7 Å². The number of aromatic nitrogens is 3. The van der Waals surface area contributed by atoms with Crippen molar-refractivity contribution in [2.75, 3.05) is 24.2 Å². The summed E-state index contributed by atoms with van der Waals surface area (Å²) in [4.78, 5) is 26.0. The summed E-state index contributed by atoms with van der Waals surface area (Å²) >= 11 is 4.70. The molecule has 230 valence electrons. The number of carbonyl (C=O) groups is 2. The first kappa shape index (κ1) is 31.9. The number of aryl methyl sites for hydroxylation is 2. The minimum Gasteiger partial charge on any atom is -0.345 e. The molecule has 4 aromatic rings. The Kier molecular flexibility index (Phi) is 10.2. The zero-order valence-electron chi connectivity index (χ0n) is 24.4. The zero-order chi connectivity index (χ0) is 31.3. The number of hydrogen-bond acceptors (Lipinski definition) is 7. The van der Waals surface area contributed by atoms with Gasteiger partial charge in [-0.25, -0.2) is 8.42 Å². The first-order chi connectivity index (χ1) is 21.1. The summed E-state index contributed by atoms with van der Waals surface area (Å²) in [5.41, 5.74) is 3.90. The number of rotatable bonds is 10. The van der Waals surface area contributed by atoms with Crippen LogP contribution in [0.25, 0.3) is 5.69 Å². The molecule has 3 aromatic carbocycles. The van der Waals surface area contributed by atoms with E-state index in [2.05, 4.69) is 36.8 Å². The highest BCUT2D eigenvalue weighted by molar-refractivity contribution is 9.10. The summed E-state index contributed by atoms with van der Waals surface area (Å²) in [6, 6.07) is 19.4. The summed E-state index contributed by atoms with van der Waals surface area (Å²) in [5, 5.41) is 15.0. The molecule has 1 saturated heterocycles. The zero-order valence-corrected chi connectivity index (χ0v) is 27.6. The van der Waals surface area contributed by atoms with Crippen LogP contribution < -0.4 is 10.6 Å². The van der Waals surface area contributed by atoms with E-state index in [1.54, 1.807) is 4.57 Å². The molecule has 0 saturated carbocycles. The van der Waals surface area contributed by atoms with Crippen molar-refractivity contribution >= 4 is 55.2 Å². The molecule has 1 fully saturated rings. The highest BCUT2D eigenvalue weighted by Gasteiger charge is 2.26. The van der Waals surface area contributed by atoms with Crippen LogP contribution in [0.4, 0.5) is 5.69 Å². The van der Waals surface area contributed by atoms with E-state index in [0.29, 0.717) is 29.6 Å². The molecular weight excluding hydrogens is 664 g/mol. The smallest absolute Gasteiger partial charge is 0.251 e. The van der Waals surface area contributed by atoms with E-state index in [9.17, 15) is 18.0 Å². The van der Waals surface area contributed by atoms with Crippen LogP contribution in [0.2, 0.25) is 0 Å². The van der Waals surface area contributed by atoms with Gasteiger partial charge in [-0.3, -0.25) is 14.2 Å². The summed E-state index contributed by atoms with van der Waals surface area (Å²) in [7, 11) is -3.58. The van der Waals surface area contributed by atoms with Crippen molar-refractivity contribution in [3.8, 4) is 5.69 Å². The van der Waals surface area contributed by atoms with Gasteiger partial charge in [0, 0.05) is 34.5 Å². The standard InChI is InChI=1S/C31H33BrN6O4S2/c1-21-6-7-22(2)27(18-21)34-29(39)20-43-31-36-35-28(38(31)25-12-10-24(32)11-13-25)19-33-30(40)23-8-14-26(15-9-23)44(41,42)37-16-4-3-5-17-37/h6-15,18H,3-5,16-17,19-20H2,1-2H3,(H,33,40)(H,34,39). The number of halogens is 1. The number of nitrogens with zero attached hydrogens (tertiary/aromatic N) is 4. The maximum atomic E-state index is 13.0. The second-order valence-electron chi connectivity index (χ2n) is 10.5. The average molecular weight is 698 g/mol. The molecule has 1 aliphatic heterocycles. The predicted molar refractivity (Wildman–Crippen MR) is 175 cm³/mol. The quantitative estimate of drug-likeness (QED) is 0.210. The van der Waals surface area contributed by atoms with Crippen molar-refractivity contribution in [2.45, 2.75) is 49.7 Å². The van der Waals surface area contributed by atoms with E-state index in [4.69, 9.17) is 0 Å². The second kappa shape index (κ2) is 14.1. The Bertz CT molecular complexity index is 1750. The number of piperidine rings is 1. The maximum Gasteiger partial charge on any atom is 0.251 e. The number of anilines is 1. The first-order valence-electron chi connectivity index (χ1n) is 14.2. The van der Waals surface area contributed by atoms with Crippen LogP contribution in [-0.2, 0) is 21.4 Å². The topological polar surface area (TPSA) is 126 Å². The van der Waals surface area contributed by atoms with Gasteiger partial charge in [0.25, 0.3) is 5.91 Å². The molecule has 44 heavy (non-hydrogen) atoms. The van der Waals surface area contributed by atoms with Gasteiger partial charge in [-0.15, -0.1) is 10.2 Å². The highest BCUT2D eigenvalue weighted by Crippen LogP contribution is 2.25. The number of nitrogens with one attached hydrogen (secondary N) is 2. The lowest BCUT2D eigenvalue weighted by atomic mass is 10.1. The normalized spacial score (nSPS) is 13.9. The van der Waals surface area contributed by atoms with Crippen LogP contribution in [-0.4, -0.2) is 58.1 Å². The van der Waals surface area contributed by atoms with Gasteiger partial charge in [0.05, 0.1) is 17.2 Å². The van der Waals surface area contributed by atoms with E-state index < -0.39 is 10.0 Å². The van der Waals surface area contributed by atoms with E-state index in [0.717, 1.165) is 46.2 Å². The van der Waals surface area contributed by atoms with Crippen LogP contribution in [0.5, 0.6) is 0 Å². The predicted octanol–water partition coefficient (Wildman–Crippen LogP) is 5.48. The van der Waals surface area contributed by atoms with Gasteiger partial charge in [0.15, 0.2) is 11.0 Å². The van der Waals surface area contributed by atoms with Crippen molar-refractivity contribution in [3.63, 3.8) is 0 Å². The largest absolute Gasteiger partial charge is 0.345 e. The molecule has 13 heteroatoms. The van der Waals surface area contributed by atoms with E-state index in [-0.39, 0.29) is 29.0 Å². The molecule has 0 atom stereocenters. The van der Waals surface area contributed by atoms with Gasteiger partial charge >= 0.3 is 0 Å². The van der Waals surface area contributed by atoms with E-state index >= 15 is 0 Å². The molecule has 0 unspecified atom stereocenters. The number of carbonyl (C=O) groups excluding carboxylic acids is 2. The average Bonchev–Trinajstić information content (AvgIpc) is 3.44. The molecule has 0 bridgehead atoms. The van der Waals surface area contributed by atoms with Gasteiger partial charge < -0.3 is 10.6 Å². The lowest BCUT2D eigenvalue weighted by Crippen LogP contribution is -2.35. The minimum atomic E-state index is -3.58. The molecule has 1 aromatic heterocycles. The first-order valence-corrected chi connectivity index (χ1v) is 17.4. The monoisotopic (exact) mass is 696 g/mol. The van der Waals surface area contributed by atoms with Crippen molar-refractivity contribution in [1.29, 1.82) is 0 Å². The molecule has 0 radical (unpaired) electrons. The Labute approximate surface area is 269 Å². The number of benzene rings is 3. The molecule has 2 heterocycles. The van der Waals surface area contributed by atoms with Crippen LogP contribution in [0.1, 0.15) is 46.6 Å². The van der Waals surface area contributed by atoms with E-state index in [1.165, 1.54) is 40.3 Å². The summed E-state index contributed by atoms with van der Waals surface area (Å²) in [6.07, 6.45) is 2.74. The van der Waals surface area contributed by atoms with Crippen molar-refractivity contribution in [1.82, 2.24) is 24.4 Å². The Morgan fingerprint density at radius 3 is 2.34 bits per heavy atom. The van der Waals surface area contributed by atoms with Gasteiger partial charge in [-0.05, 0) is 92.4 Å². The van der Waals surface area contributed by atoms with Crippen LogP contribution in [0.15, 0.2) is 81.3 Å². The highest BCUT2D eigenvalue weighted by atomic mass is 79.9. The molecule has 1 aliphatic rings. The van der Waals surface area contributed by atoms with Crippen LogP contribution in [0.3, 0.4) is 0 Å². The number of hydrogen-bond donors (Lipinski definition) is 2. The van der Waals surface area contributed by atoms with Gasteiger partial charge in [-0.1, -0.05) is 46.2 Å². The van der Waals surface area contributed by atoms with Gasteiger partial charge in [-0.2, -0.15) is 4.31 Å². The third-order valence-corrected chi connectivity index (χ3v) is 10.6. The van der Waals surface area contributed by atoms with Crippen molar-refractivity contribution < 1.29 is 18.0 Å². The van der Waals surface area contributed by atoms with Crippen molar-refractivity contribution in [3.05, 3.63) is 93.7 Å². The third-order valence-electron chi connectivity index (χ3n) is 7.26. The Balaban J connectivity index is 1.28. The lowest BCUT2D eigenvalue weighted by molar-refractivity contribution is -0.113. The molecular formula is C31H33BrN6O4S2. The summed E-state index contributed by atoms with van der Waals surface area (Å²) < 4.78 is 30.1. The fourth-order valence-corrected chi connectivity index (χ4v) is 7.39. The molecule has 2 amide bonds.